The van der Waals surface area contributed by atoms with E-state index in [-0.39, 0.29) is 5.91 Å². The molecule has 1 aliphatic rings. The van der Waals surface area contributed by atoms with Gasteiger partial charge in [0.15, 0.2) is 5.96 Å². The highest BCUT2D eigenvalue weighted by Crippen LogP contribution is 2.10. The molecule has 7 heteroatoms. The summed E-state index contributed by atoms with van der Waals surface area (Å²) in [5.41, 5.74) is 1.85. The molecule has 156 valence electrons. The molecule has 1 fully saturated rings. The maximum absolute atomic E-state index is 12.1. The van der Waals surface area contributed by atoms with Crippen LogP contribution in [-0.2, 0) is 11.2 Å². The van der Waals surface area contributed by atoms with Gasteiger partial charge in [0.25, 0.3) is 5.91 Å². The van der Waals surface area contributed by atoms with Gasteiger partial charge in [-0.15, -0.1) is 0 Å². The molecule has 28 heavy (non-hydrogen) atoms. The molecule has 2 rings (SSSR count). The lowest BCUT2D eigenvalue weighted by Gasteiger charge is -2.38. The van der Waals surface area contributed by atoms with Crippen LogP contribution >= 0.6 is 0 Å². The van der Waals surface area contributed by atoms with E-state index in [1.807, 2.05) is 24.3 Å². The second kappa shape index (κ2) is 11.0. The van der Waals surface area contributed by atoms with E-state index >= 15 is 0 Å². The van der Waals surface area contributed by atoms with Crippen molar-refractivity contribution in [3.05, 3.63) is 35.4 Å². The SMILES string of the molecule is CN=C(NCCc1cccc(C(=O)N(C)C)c1)NCC(C)N1CCOCC1C. The Bertz CT molecular complexity index is 662. The predicted octanol–water partition coefficient (Wildman–Crippen LogP) is 1.21. The number of carbonyl (C=O) groups is 1. The third-order valence-electron chi connectivity index (χ3n) is 5.06. The third-order valence-corrected chi connectivity index (χ3v) is 5.06. The summed E-state index contributed by atoms with van der Waals surface area (Å²) in [6, 6.07) is 8.65. The number of amides is 1. The second-order valence-electron chi connectivity index (χ2n) is 7.54. The summed E-state index contributed by atoms with van der Waals surface area (Å²) < 4.78 is 5.52. The van der Waals surface area contributed by atoms with Crippen LogP contribution in [0.3, 0.4) is 0 Å². The molecular weight excluding hydrogens is 354 g/mol. The summed E-state index contributed by atoms with van der Waals surface area (Å²) in [6.07, 6.45) is 0.825. The molecule has 1 saturated heterocycles. The fourth-order valence-electron chi connectivity index (χ4n) is 3.42. The Morgan fingerprint density at radius 2 is 2.18 bits per heavy atom. The number of nitrogens with zero attached hydrogens (tertiary/aromatic N) is 3. The zero-order chi connectivity index (χ0) is 20.5. The second-order valence-corrected chi connectivity index (χ2v) is 7.54. The topological polar surface area (TPSA) is 69.2 Å². The molecule has 7 nitrogen and oxygen atoms in total. The smallest absolute Gasteiger partial charge is 0.253 e. The van der Waals surface area contributed by atoms with Crippen LogP contribution in [0.25, 0.3) is 0 Å². The van der Waals surface area contributed by atoms with Crippen molar-refractivity contribution in [1.82, 2.24) is 20.4 Å². The number of morpholine rings is 1. The molecule has 1 amide bonds. The minimum Gasteiger partial charge on any atom is -0.379 e. The fourth-order valence-corrected chi connectivity index (χ4v) is 3.42. The van der Waals surface area contributed by atoms with E-state index in [0.29, 0.717) is 12.1 Å². The number of rotatable bonds is 7. The van der Waals surface area contributed by atoms with Crippen molar-refractivity contribution in [2.45, 2.75) is 32.4 Å². The normalized spacial score (nSPS) is 19.2. The minimum atomic E-state index is 0.0265. The fraction of sp³-hybridized carbons (Fsp3) is 0.619. The van der Waals surface area contributed by atoms with E-state index < -0.39 is 0 Å². The molecule has 0 spiro atoms. The summed E-state index contributed by atoms with van der Waals surface area (Å²) >= 11 is 0. The number of aliphatic imine (C=N–C) groups is 1. The van der Waals surface area contributed by atoms with Crippen molar-refractivity contribution in [3.63, 3.8) is 0 Å². The zero-order valence-electron chi connectivity index (χ0n) is 17.9. The van der Waals surface area contributed by atoms with Crippen LogP contribution in [0.5, 0.6) is 0 Å². The highest BCUT2D eigenvalue weighted by Gasteiger charge is 2.23. The van der Waals surface area contributed by atoms with Crippen molar-refractivity contribution in [2.75, 3.05) is 54.0 Å². The molecule has 0 aliphatic carbocycles. The molecule has 2 N–H and O–H groups in total. The highest BCUT2D eigenvalue weighted by molar-refractivity contribution is 5.94. The third kappa shape index (κ3) is 6.49. The number of ether oxygens (including phenoxy) is 1. The van der Waals surface area contributed by atoms with Gasteiger partial charge in [-0.25, -0.2) is 0 Å². The number of carbonyl (C=O) groups excluding carboxylic acids is 1. The first-order valence-corrected chi connectivity index (χ1v) is 10.0. The maximum atomic E-state index is 12.1. The first kappa shape index (κ1) is 22.2. The van der Waals surface area contributed by atoms with Crippen molar-refractivity contribution >= 4 is 11.9 Å². The Hall–Kier alpha value is -2.12. The largest absolute Gasteiger partial charge is 0.379 e. The number of guanidine groups is 1. The quantitative estimate of drug-likeness (QED) is 0.542. The molecule has 1 aromatic rings. The monoisotopic (exact) mass is 389 g/mol. The van der Waals surface area contributed by atoms with Crippen molar-refractivity contribution in [1.29, 1.82) is 0 Å². The van der Waals surface area contributed by atoms with Gasteiger partial charge in [-0.2, -0.15) is 0 Å². The summed E-state index contributed by atoms with van der Waals surface area (Å²) in [4.78, 5) is 20.5. The Kier molecular flexibility index (Phi) is 8.73. The van der Waals surface area contributed by atoms with Crippen molar-refractivity contribution in [2.24, 2.45) is 4.99 Å². The number of benzene rings is 1. The molecule has 2 atom stereocenters. The van der Waals surface area contributed by atoms with Gasteiger partial charge in [0.2, 0.25) is 0 Å². The van der Waals surface area contributed by atoms with E-state index in [2.05, 4.69) is 34.4 Å². The Labute approximate surface area is 169 Å². The summed E-state index contributed by atoms with van der Waals surface area (Å²) in [5.74, 6) is 0.826. The molecule has 1 aliphatic heterocycles. The Morgan fingerprint density at radius 3 is 2.86 bits per heavy atom. The lowest BCUT2D eigenvalue weighted by Crippen LogP contribution is -2.53. The highest BCUT2D eigenvalue weighted by atomic mass is 16.5. The molecule has 0 saturated carbocycles. The van der Waals surface area contributed by atoms with Gasteiger partial charge in [-0.3, -0.25) is 14.7 Å². The zero-order valence-corrected chi connectivity index (χ0v) is 17.9. The van der Waals surface area contributed by atoms with Crippen LogP contribution in [0, 0.1) is 0 Å². The first-order valence-electron chi connectivity index (χ1n) is 10.0. The summed E-state index contributed by atoms with van der Waals surface area (Å²) in [6.45, 7) is 8.59. The molecule has 1 aromatic carbocycles. The summed E-state index contributed by atoms with van der Waals surface area (Å²) in [5, 5.41) is 6.77. The molecule has 0 bridgehead atoms. The van der Waals surface area contributed by atoms with Gasteiger partial charge in [-0.05, 0) is 38.0 Å². The number of nitrogens with one attached hydrogen (secondary N) is 2. The number of hydrogen-bond acceptors (Lipinski definition) is 4. The molecule has 1 heterocycles. The molecule has 0 radical (unpaired) electrons. The average Bonchev–Trinajstić information content (AvgIpc) is 2.70. The minimum absolute atomic E-state index is 0.0265. The molecule has 2 unspecified atom stereocenters. The summed E-state index contributed by atoms with van der Waals surface area (Å²) in [7, 11) is 5.32. The van der Waals surface area contributed by atoms with Gasteiger partial charge in [0.05, 0.1) is 13.2 Å². The van der Waals surface area contributed by atoms with Crippen LogP contribution in [0.2, 0.25) is 0 Å². The molecular formula is C21H35N5O2. The lowest BCUT2D eigenvalue weighted by molar-refractivity contribution is -0.0174. The van der Waals surface area contributed by atoms with Crippen LogP contribution < -0.4 is 10.6 Å². The van der Waals surface area contributed by atoms with Crippen LogP contribution in [0.1, 0.15) is 29.8 Å². The van der Waals surface area contributed by atoms with Crippen LogP contribution in [-0.4, -0.2) is 87.7 Å². The lowest BCUT2D eigenvalue weighted by atomic mass is 10.1. The average molecular weight is 390 g/mol. The number of hydrogen-bond donors (Lipinski definition) is 2. The van der Waals surface area contributed by atoms with Crippen LogP contribution in [0.4, 0.5) is 0 Å². The Balaban J connectivity index is 1.78. The van der Waals surface area contributed by atoms with E-state index in [0.717, 1.165) is 56.4 Å². The van der Waals surface area contributed by atoms with Gasteiger partial charge in [0, 0.05) is 58.4 Å². The first-order chi connectivity index (χ1) is 13.4. The standard InChI is InChI=1S/C21H35N5O2/c1-16(26-11-12-28-15-17(26)2)14-24-21(22-3)23-10-9-18-7-6-8-19(13-18)20(27)25(4)5/h6-8,13,16-17H,9-12,14-15H2,1-5H3,(H2,22,23,24). The Morgan fingerprint density at radius 1 is 1.39 bits per heavy atom. The van der Waals surface area contributed by atoms with E-state index in [1.165, 1.54) is 0 Å². The van der Waals surface area contributed by atoms with Gasteiger partial charge in [0.1, 0.15) is 0 Å². The predicted molar refractivity (Wildman–Crippen MR) is 114 cm³/mol. The van der Waals surface area contributed by atoms with Gasteiger partial charge < -0.3 is 20.3 Å². The van der Waals surface area contributed by atoms with Crippen molar-refractivity contribution in [3.8, 4) is 0 Å². The van der Waals surface area contributed by atoms with Crippen molar-refractivity contribution < 1.29 is 9.53 Å². The van der Waals surface area contributed by atoms with Gasteiger partial charge in [-0.1, -0.05) is 12.1 Å². The van der Waals surface area contributed by atoms with Gasteiger partial charge >= 0.3 is 0 Å². The van der Waals surface area contributed by atoms with E-state index in [9.17, 15) is 4.79 Å². The van der Waals surface area contributed by atoms with E-state index in [4.69, 9.17) is 4.74 Å². The molecule has 0 aromatic heterocycles. The van der Waals surface area contributed by atoms with Crippen LogP contribution in [0.15, 0.2) is 29.3 Å². The van der Waals surface area contributed by atoms with E-state index in [1.54, 1.807) is 26.0 Å². The maximum Gasteiger partial charge on any atom is 0.253 e.